The Morgan fingerprint density at radius 3 is 2.39 bits per heavy atom. The lowest BCUT2D eigenvalue weighted by atomic mass is 9.44. The van der Waals surface area contributed by atoms with Crippen molar-refractivity contribution in [3.05, 3.63) is 42.0 Å². The highest BCUT2D eigenvalue weighted by Gasteiger charge is 2.61. The number of ketones is 1. The summed E-state index contributed by atoms with van der Waals surface area (Å²) in [6, 6.07) is 10.2. The third-order valence-corrected chi connectivity index (χ3v) is 10.5. The Bertz CT molecular complexity index is 920. The van der Waals surface area contributed by atoms with E-state index in [1.54, 1.807) is 6.92 Å². The highest BCUT2D eigenvalue weighted by atomic mass is 16.5. The first kappa shape index (κ1) is 22.9. The molecule has 0 heterocycles. The van der Waals surface area contributed by atoms with Gasteiger partial charge in [0.2, 0.25) is 0 Å². The molecule has 4 aliphatic rings. The van der Waals surface area contributed by atoms with Crippen molar-refractivity contribution in [2.75, 3.05) is 0 Å². The van der Waals surface area contributed by atoms with Gasteiger partial charge in [-0.2, -0.15) is 0 Å². The number of benzene rings is 1. The van der Waals surface area contributed by atoms with Gasteiger partial charge >= 0.3 is 5.97 Å². The second kappa shape index (κ2) is 8.71. The average Bonchev–Trinajstić information content (AvgIpc) is 3.15. The molecule has 1 aromatic carbocycles. The zero-order chi connectivity index (χ0) is 23.2. The molecule has 0 N–H and O–H groups in total. The molecule has 0 amide bonds. The van der Waals surface area contributed by atoms with Gasteiger partial charge in [-0.15, -0.1) is 0 Å². The molecule has 0 aliphatic heterocycles. The second-order valence-electron chi connectivity index (χ2n) is 12.0. The molecule has 5 rings (SSSR count). The molecule has 1 aromatic rings. The first-order chi connectivity index (χ1) is 15.8. The van der Waals surface area contributed by atoms with Crippen LogP contribution in [0.25, 0.3) is 6.08 Å². The molecule has 8 atom stereocenters. The molecule has 178 valence electrons. The summed E-state index contributed by atoms with van der Waals surface area (Å²) in [5.41, 5.74) is 1.62. The molecular weight excluding hydrogens is 408 g/mol. The molecular formula is C30H40O3. The fourth-order valence-corrected chi connectivity index (χ4v) is 8.89. The van der Waals surface area contributed by atoms with Crippen LogP contribution in [0.15, 0.2) is 36.4 Å². The van der Waals surface area contributed by atoms with Crippen LogP contribution in [0.2, 0.25) is 0 Å². The quantitative estimate of drug-likeness (QED) is 0.373. The Morgan fingerprint density at radius 1 is 0.909 bits per heavy atom. The minimum atomic E-state index is -0.131. The molecule has 0 saturated heterocycles. The van der Waals surface area contributed by atoms with E-state index in [0.717, 1.165) is 36.7 Å². The van der Waals surface area contributed by atoms with Gasteiger partial charge < -0.3 is 4.74 Å². The summed E-state index contributed by atoms with van der Waals surface area (Å²) in [6.07, 6.45) is 14.5. The number of allylic oxidation sites excluding steroid dienone is 1. The predicted octanol–water partition coefficient (Wildman–Crippen LogP) is 6.86. The third-order valence-electron chi connectivity index (χ3n) is 10.5. The lowest BCUT2D eigenvalue weighted by Gasteiger charge is -2.61. The monoisotopic (exact) mass is 448 g/mol. The van der Waals surface area contributed by atoms with E-state index in [2.05, 4.69) is 26.0 Å². The summed E-state index contributed by atoms with van der Waals surface area (Å²) in [5, 5.41) is 0. The van der Waals surface area contributed by atoms with Gasteiger partial charge in [0.1, 0.15) is 6.10 Å². The van der Waals surface area contributed by atoms with Gasteiger partial charge in [-0.1, -0.05) is 50.3 Å². The van der Waals surface area contributed by atoms with E-state index in [-0.39, 0.29) is 23.4 Å². The minimum absolute atomic E-state index is 0.121. The van der Waals surface area contributed by atoms with Crippen LogP contribution >= 0.6 is 0 Å². The van der Waals surface area contributed by atoms with E-state index < -0.39 is 0 Å². The van der Waals surface area contributed by atoms with Crippen molar-refractivity contribution in [3.8, 4) is 0 Å². The highest BCUT2D eigenvalue weighted by Crippen LogP contribution is 2.67. The van der Waals surface area contributed by atoms with Gasteiger partial charge in [-0.05, 0) is 104 Å². The third kappa shape index (κ3) is 4.00. The van der Waals surface area contributed by atoms with Gasteiger partial charge in [-0.3, -0.25) is 9.59 Å². The van der Waals surface area contributed by atoms with Crippen molar-refractivity contribution in [1.82, 2.24) is 0 Å². The number of hydrogen-bond acceptors (Lipinski definition) is 3. The molecule has 0 bridgehead atoms. The number of rotatable bonds is 4. The van der Waals surface area contributed by atoms with E-state index in [0.29, 0.717) is 23.0 Å². The SMILES string of the molecule is CC(=O)O[C@@H]1CC[C@@]2(C)[C@@H](CC[C@@H]3[C@H]2CC[C@]2(C)[C@H](C(=O)/C=C/c4ccccc4)CC[C@@H]32)C1. The summed E-state index contributed by atoms with van der Waals surface area (Å²) < 4.78 is 5.62. The van der Waals surface area contributed by atoms with Crippen molar-refractivity contribution in [3.63, 3.8) is 0 Å². The van der Waals surface area contributed by atoms with Crippen LogP contribution in [0.5, 0.6) is 0 Å². The van der Waals surface area contributed by atoms with Gasteiger partial charge in [0, 0.05) is 12.8 Å². The van der Waals surface area contributed by atoms with Gasteiger partial charge in [0.05, 0.1) is 0 Å². The number of fused-ring (bicyclic) bond motifs is 5. The maximum atomic E-state index is 13.3. The number of carbonyl (C=O) groups is 2. The number of hydrogen-bond donors (Lipinski definition) is 0. The molecule has 0 unspecified atom stereocenters. The van der Waals surface area contributed by atoms with Gasteiger partial charge in [0.15, 0.2) is 5.78 Å². The molecule has 33 heavy (non-hydrogen) atoms. The van der Waals surface area contributed by atoms with Crippen molar-refractivity contribution in [2.24, 2.45) is 40.4 Å². The molecule has 4 saturated carbocycles. The molecule has 3 nitrogen and oxygen atoms in total. The summed E-state index contributed by atoms with van der Waals surface area (Å²) >= 11 is 0. The van der Waals surface area contributed by atoms with Crippen LogP contribution < -0.4 is 0 Å². The lowest BCUT2D eigenvalue weighted by molar-refractivity contribution is -0.160. The van der Waals surface area contributed by atoms with Crippen molar-refractivity contribution < 1.29 is 14.3 Å². The molecule has 4 fully saturated rings. The molecule has 0 spiro atoms. The van der Waals surface area contributed by atoms with Crippen molar-refractivity contribution in [2.45, 2.75) is 84.7 Å². The number of carbonyl (C=O) groups excluding carboxylic acids is 2. The van der Waals surface area contributed by atoms with Crippen LogP contribution in [0, 0.1) is 40.4 Å². The lowest BCUT2D eigenvalue weighted by Crippen LogP contribution is -2.54. The fraction of sp³-hybridized carbons (Fsp3) is 0.667. The van der Waals surface area contributed by atoms with Crippen LogP contribution in [-0.2, 0) is 14.3 Å². The van der Waals surface area contributed by atoms with Gasteiger partial charge in [-0.25, -0.2) is 0 Å². The topological polar surface area (TPSA) is 43.4 Å². The number of esters is 1. The average molecular weight is 449 g/mol. The summed E-state index contributed by atoms with van der Waals surface area (Å²) in [6.45, 7) is 6.52. The Balaban J connectivity index is 1.30. The molecule has 3 heteroatoms. The van der Waals surface area contributed by atoms with Crippen LogP contribution in [0.4, 0.5) is 0 Å². The smallest absolute Gasteiger partial charge is 0.302 e. The molecule has 0 aromatic heterocycles. The summed E-state index contributed by atoms with van der Waals surface area (Å²) in [5.74, 6) is 3.26. The van der Waals surface area contributed by atoms with E-state index in [9.17, 15) is 9.59 Å². The first-order valence-electron chi connectivity index (χ1n) is 13.3. The summed E-state index contributed by atoms with van der Waals surface area (Å²) in [7, 11) is 0. The highest BCUT2D eigenvalue weighted by molar-refractivity contribution is 5.96. The van der Waals surface area contributed by atoms with E-state index in [1.807, 2.05) is 30.4 Å². The fourth-order valence-electron chi connectivity index (χ4n) is 8.89. The van der Waals surface area contributed by atoms with Crippen molar-refractivity contribution in [1.29, 1.82) is 0 Å². The number of ether oxygens (including phenoxy) is 1. The first-order valence-corrected chi connectivity index (χ1v) is 13.3. The zero-order valence-electron chi connectivity index (χ0n) is 20.6. The van der Waals surface area contributed by atoms with Crippen molar-refractivity contribution >= 4 is 17.8 Å². The minimum Gasteiger partial charge on any atom is -0.463 e. The molecule has 0 radical (unpaired) electrons. The maximum Gasteiger partial charge on any atom is 0.302 e. The standard InChI is InChI=1S/C30H40O3/c1-20(31)33-23-15-17-29(2)22(19-23)10-11-24-25-12-13-27(30(25,3)18-16-26(24)29)28(32)14-9-21-7-5-4-6-8-21/h4-9,14,22-27H,10-13,15-19H2,1-3H3/b14-9+/t22-,23+,24-,25-,26+,27-,29-,30-/m0/s1. The van der Waals surface area contributed by atoms with E-state index in [1.165, 1.54) is 38.5 Å². The Hall–Kier alpha value is -1.90. The Labute approximate surface area is 199 Å². The Morgan fingerprint density at radius 2 is 1.64 bits per heavy atom. The second-order valence-corrected chi connectivity index (χ2v) is 12.0. The van der Waals surface area contributed by atoms with Crippen LogP contribution in [0.3, 0.4) is 0 Å². The van der Waals surface area contributed by atoms with Gasteiger partial charge in [0.25, 0.3) is 0 Å². The normalized spacial score (nSPS) is 42.3. The predicted molar refractivity (Wildman–Crippen MR) is 131 cm³/mol. The van der Waals surface area contributed by atoms with Crippen LogP contribution in [0.1, 0.15) is 84.1 Å². The molecule has 4 aliphatic carbocycles. The largest absolute Gasteiger partial charge is 0.463 e. The zero-order valence-corrected chi connectivity index (χ0v) is 20.6. The Kier molecular flexibility index (Phi) is 6.04. The summed E-state index contributed by atoms with van der Waals surface area (Å²) in [4.78, 5) is 24.8. The van der Waals surface area contributed by atoms with Crippen LogP contribution in [-0.4, -0.2) is 17.9 Å². The van der Waals surface area contributed by atoms with E-state index in [4.69, 9.17) is 4.74 Å². The maximum absolute atomic E-state index is 13.3. The van der Waals surface area contributed by atoms with E-state index >= 15 is 0 Å².